The van der Waals surface area contributed by atoms with Crippen LogP contribution in [-0.2, 0) is 9.47 Å². The first-order chi connectivity index (χ1) is 22.6. The summed E-state index contributed by atoms with van der Waals surface area (Å²) in [7, 11) is 0. The number of nitrogens with zero attached hydrogens (tertiary/aromatic N) is 1. The van der Waals surface area contributed by atoms with E-state index in [0.29, 0.717) is 6.61 Å². The van der Waals surface area contributed by atoms with Gasteiger partial charge in [-0.05, 0) is 97.7 Å². The van der Waals surface area contributed by atoms with Gasteiger partial charge in [0.15, 0.2) is 12.6 Å². The molecule has 4 aliphatic heterocycles. The van der Waals surface area contributed by atoms with Gasteiger partial charge in [-0.3, -0.25) is 4.90 Å². The van der Waals surface area contributed by atoms with Gasteiger partial charge < -0.3 is 28.4 Å². The molecule has 7 heteroatoms. The molecule has 3 aromatic carbocycles. The van der Waals surface area contributed by atoms with E-state index in [9.17, 15) is 0 Å². The van der Waals surface area contributed by atoms with E-state index in [4.69, 9.17) is 28.4 Å². The summed E-state index contributed by atoms with van der Waals surface area (Å²) in [4.78, 5) is 2.46. The Labute approximate surface area is 273 Å². The van der Waals surface area contributed by atoms with Crippen molar-refractivity contribution < 1.29 is 28.4 Å². The van der Waals surface area contributed by atoms with Crippen molar-refractivity contribution >= 4 is 11.1 Å². The number of likely N-dealkylation sites (tertiary alicyclic amines) is 1. The number of hydrogen-bond donors (Lipinski definition) is 0. The second-order valence-corrected chi connectivity index (χ2v) is 13.0. The fraction of sp³-hybridized carbons (Fsp3) is 0.487. The van der Waals surface area contributed by atoms with Crippen molar-refractivity contribution in [3.05, 3.63) is 83.4 Å². The van der Waals surface area contributed by atoms with Crippen LogP contribution in [0.1, 0.15) is 81.6 Å². The van der Waals surface area contributed by atoms with Crippen LogP contribution in [0.15, 0.2) is 66.7 Å². The van der Waals surface area contributed by atoms with E-state index in [1.54, 1.807) is 0 Å². The van der Waals surface area contributed by atoms with Crippen molar-refractivity contribution in [1.82, 2.24) is 4.90 Å². The third kappa shape index (κ3) is 7.22. The van der Waals surface area contributed by atoms with Crippen LogP contribution >= 0.6 is 0 Å². The maximum absolute atomic E-state index is 6.83. The van der Waals surface area contributed by atoms with Gasteiger partial charge in [0.2, 0.25) is 0 Å². The molecule has 3 atom stereocenters. The van der Waals surface area contributed by atoms with E-state index >= 15 is 0 Å². The first kappa shape index (κ1) is 31.1. The highest BCUT2D eigenvalue weighted by Gasteiger charge is 2.31. The molecule has 4 aliphatic rings. The van der Waals surface area contributed by atoms with Crippen molar-refractivity contribution in [3.8, 4) is 23.0 Å². The first-order valence-electron chi connectivity index (χ1n) is 17.3. The van der Waals surface area contributed by atoms with Crippen molar-refractivity contribution in [3.63, 3.8) is 0 Å². The lowest BCUT2D eigenvalue weighted by Crippen LogP contribution is -2.47. The Balaban J connectivity index is 1.15. The Kier molecular flexibility index (Phi) is 9.80. The van der Waals surface area contributed by atoms with Crippen LogP contribution in [0.5, 0.6) is 23.0 Å². The molecule has 244 valence electrons. The molecule has 0 radical (unpaired) electrons. The van der Waals surface area contributed by atoms with Crippen LogP contribution in [0.25, 0.3) is 11.1 Å². The molecule has 7 nitrogen and oxygen atoms in total. The van der Waals surface area contributed by atoms with Gasteiger partial charge in [-0.2, -0.15) is 0 Å². The van der Waals surface area contributed by atoms with Crippen LogP contribution in [0.2, 0.25) is 0 Å². The molecule has 7 rings (SSSR count). The quantitative estimate of drug-likeness (QED) is 0.213. The maximum Gasteiger partial charge on any atom is 0.199 e. The molecule has 0 amide bonds. The molecule has 3 saturated heterocycles. The zero-order valence-electron chi connectivity index (χ0n) is 27.2. The number of rotatable bonds is 11. The standard InChI is InChI=1S/C39H47NO6/c1-3-28-25-40(26-28)19-22-41-31-15-13-29(14-16-31)39-38(30-9-8-10-32(23-30)44-36-11-4-6-20-42-36)27(2)34-24-33(17-18-35(34)46-39)45-37-12-5-7-21-43-37/h8-10,13-18,23-24,28,36-37,39H,3-7,11-12,19-22,25-26H2,1-2H3. The lowest BCUT2D eigenvalue weighted by molar-refractivity contribution is -0.106. The summed E-state index contributed by atoms with van der Waals surface area (Å²) >= 11 is 0. The van der Waals surface area contributed by atoms with Gasteiger partial charge in [0.05, 0.1) is 13.2 Å². The predicted octanol–water partition coefficient (Wildman–Crippen LogP) is 8.28. The highest BCUT2D eigenvalue weighted by atomic mass is 16.7. The fourth-order valence-electron chi connectivity index (χ4n) is 6.91. The summed E-state index contributed by atoms with van der Waals surface area (Å²) in [6.45, 7) is 9.98. The second kappa shape index (κ2) is 14.5. The van der Waals surface area contributed by atoms with Gasteiger partial charge in [-0.1, -0.05) is 37.6 Å². The Morgan fingerprint density at radius 2 is 1.48 bits per heavy atom. The monoisotopic (exact) mass is 625 g/mol. The van der Waals surface area contributed by atoms with Crippen LogP contribution in [-0.4, -0.2) is 56.9 Å². The summed E-state index contributed by atoms with van der Waals surface area (Å²) < 4.78 is 37.2. The molecule has 0 N–H and O–H groups in total. The van der Waals surface area contributed by atoms with E-state index in [1.165, 1.54) is 19.5 Å². The predicted molar refractivity (Wildman–Crippen MR) is 179 cm³/mol. The van der Waals surface area contributed by atoms with Gasteiger partial charge in [0.1, 0.15) is 35.7 Å². The molecule has 4 heterocycles. The normalized spacial score (nSPS) is 23.7. The topological polar surface area (TPSA) is 58.6 Å². The smallest absolute Gasteiger partial charge is 0.199 e. The van der Waals surface area contributed by atoms with Gasteiger partial charge in [0.25, 0.3) is 0 Å². The molecule has 0 saturated carbocycles. The highest BCUT2D eigenvalue weighted by Crippen LogP contribution is 2.48. The molecule has 0 aliphatic carbocycles. The van der Waals surface area contributed by atoms with E-state index in [0.717, 1.165) is 115 Å². The van der Waals surface area contributed by atoms with Crippen molar-refractivity contribution in [1.29, 1.82) is 0 Å². The summed E-state index contributed by atoms with van der Waals surface area (Å²) in [6, 6.07) is 22.8. The van der Waals surface area contributed by atoms with Crippen molar-refractivity contribution in [2.45, 2.75) is 77.5 Å². The average Bonchev–Trinajstić information content (AvgIpc) is 3.07. The lowest BCUT2D eigenvalue weighted by Gasteiger charge is -2.38. The molecule has 0 bridgehead atoms. The van der Waals surface area contributed by atoms with Crippen LogP contribution < -0.4 is 18.9 Å². The zero-order valence-corrected chi connectivity index (χ0v) is 27.2. The highest BCUT2D eigenvalue weighted by molar-refractivity contribution is 5.96. The first-order valence-corrected chi connectivity index (χ1v) is 17.3. The van der Waals surface area contributed by atoms with Gasteiger partial charge >= 0.3 is 0 Å². The van der Waals surface area contributed by atoms with Crippen LogP contribution in [0.4, 0.5) is 0 Å². The number of benzene rings is 3. The molecule has 46 heavy (non-hydrogen) atoms. The second-order valence-electron chi connectivity index (χ2n) is 13.0. The molecule has 3 aromatic rings. The Morgan fingerprint density at radius 3 is 2.15 bits per heavy atom. The Bertz CT molecular complexity index is 1480. The van der Waals surface area contributed by atoms with E-state index in [-0.39, 0.29) is 18.7 Å². The zero-order chi connectivity index (χ0) is 31.3. The third-order valence-corrected chi connectivity index (χ3v) is 9.69. The minimum absolute atomic E-state index is 0.205. The van der Waals surface area contributed by atoms with Crippen molar-refractivity contribution in [2.24, 2.45) is 5.92 Å². The number of allylic oxidation sites excluding steroid dienone is 1. The SMILES string of the molecule is CCC1CN(CCOc2ccc(C3Oc4ccc(OC5CCCCO5)cc4C(C)=C3c3cccc(OC4CCCCO4)c3)cc2)C1. The Morgan fingerprint density at radius 1 is 0.783 bits per heavy atom. The fourth-order valence-corrected chi connectivity index (χ4v) is 6.91. The molecular formula is C39H47NO6. The van der Waals surface area contributed by atoms with Crippen LogP contribution in [0.3, 0.4) is 0 Å². The molecule has 0 aromatic heterocycles. The van der Waals surface area contributed by atoms with Gasteiger partial charge in [-0.15, -0.1) is 0 Å². The summed E-state index contributed by atoms with van der Waals surface area (Å²) in [5, 5.41) is 0. The summed E-state index contributed by atoms with van der Waals surface area (Å²) in [5.74, 6) is 4.17. The molecular weight excluding hydrogens is 578 g/mol. The molecule has 3 unspecified atom stereocenters. The number of ether oxygens (including phenoxy) is 6. The maximum atomic E-state index is 6.83. The van der Waals surface area contributed by atoms with E-state index in [1.807, 2.05) is 18.2 Å². The van der Waals surface area contributed by atoms with Gasteiger partial charge in [-0.25, -0.2) is 0 Å². The largest absolute Gasteiger partial charge is 0.492 e. The molecule has 3 fully saturated rings. The average molecular weight is 626 g/mol. The minimum atomic E-state index is -0.303. The number of fused-ring (bicyclic) bond motifs is 1. The number of hydrogen-bond acceptors (Lipinski definition) is 7. The summed E-state index contributed by atoms with van der Waals surface area (Å²) in [5.41, 5.74) is 5.40. The lowest BCUT2D eigenvalue weighted by atomic mass is 9.86. The van der Waals surface area contributed by atoms with E-state index in [2.05, 4.69) is 67.3 Å². The van der Waals surface area contributed by atoms with Gasteiger partial charge in [0, 0.05) is 43.6 Å². The van der Waals surface area contributed by atoms with Crippen molar-refractivity contribution in [2.75, 3.05) is 39.5 Å². The molecule has 0 spiro atoms. The van der Waals surface area contributed by atoms with E-state index < -0.39 is 0 Å². The van der Waals surface area contributed by atoms with Crippen LogP contribution in [0, 0.1) is 5.92 Å². The minimum Gasteiger partial charge on any atom is -0.492 e. The Hall–Kier alpha value is -3.52. The summed E-state index contributed by atoms with van der Waals surface area (Å²) in [6.07, 6.45) is 6.78. The third-order valence-electron chi connectivity index (χ3n) is 9.69.